The zero-order valence-electron chi connectivity index (χ0n) is 13.1. The van der Waals surface area contributed by atoms with E-state index >= 15 is 0 Å². The number of benzene rings is 1. The number of rotatable bonds is 7. The largest absolute Gasteiger partial charge is 0.387 e. The van der Waals surface area contributed by atoms with Crippen LogP contribution in [0.2, 0.25) is 0 Å². The highest BCUT2D eigenvalue weighted by Gasteiger charge is 2.15. The van der Waals surface area contributed by atoms with Gasteiger partial charge in [0.2, 0.25) is 0 Å². The molecule has 7 heteroatoms. The highest BCUT2D eigenvalue weighted by Crippen LogP contribution is 2.18. The molecule has 1 atom stereocenters. The summed E-state index contributed by atoms with van der Waals surface area (Å²) >= 11 is 1.61. The fourth-order valence-corrected chi connectivity index (χ4v) is 2.10. The molecule has 0 spiro atoms. The van der Waals surface area contributed by atoms with Gasteiger partial charge < -0.3 is 20.6 Å². The number of carbonyl (C=O) groups excluding carboxylic acids is 2. The molecule has 6 nitrogen and oxygen atoms in total. The number of aliphatic hydroxyl groups excluding tert-OH is 1. The highest BCUT2D eigenvalue weighted by molar-refractivity contribution is 7.98. The van der Waals surface area contributed by atoms with Crippen molar-refractivity contribution in [1.82, 2.24) is 15.5 Å². The second-order valence-electron chi connectivity index (χ2n) is 5.06. The van der Waals surface area contributed by atoms with Gasteiger partial charge in [-0.1, -0.05) is 12.1 Å². The van der Waals surface area contributed by atoms with E-state index < -0.39 is 17.9 Å². The quantitative estimate of drug-likeness (QED) is 0.494. The first-order chi connectivity index (χ1) is 10.4. The van der Waals surface area contributed by atoms with Crippen LogP contribution in [0.25, 0.3) is 0 Å². The van der Waals surface area contributed by atoms with Crippen molar-refractivity contribution in [3.8, 4) is 0 Å². The number of aliphatic hydroxyl groups is 1. The van der Waals surface area contributed by atoms with E-state index in [9.17, 15) is 14.7 Å². The van der Waals surface area contributed by atoms with Gasteiger partial charge in [-0.25, -0.2) is 0 Å². The van der Waals surface area contributed by atoms with Crippen LogP contribution in [0.4, 0.5) is 0 Å². The molecule has 122 valence electrons. The third-order valence-corrected chi connectivity index (χ3v) is 3.75. The van der Waals surface area contributed by atoms with Crippen LogP contribution in [0.3, 0.4) is 0 Å². The minimum atomic E-state index is -0.838. The Hall–Kier alpha value is -1.57. The van der Waals surface area contributed by atoms with E-state index in [0.29, 0.717) is 18.7 Å². The summed E-state index contributed by atoms with van der Waals surface area (Å²) in [5, 5.41) is 14.9. The number of amides is 2. The predicted molar refractivity (Wildman–Crippen MR) is 87.8 cm³/mol. The van der Waals surface area contributed by atoms with Crippen LogP contribution in [-0.4, -0.2) is 61.8 Å². The molecule has 0 aliphatic rings. The molecule has 1 aromatic rings. The maximum absolute atomic E-state index is 11.6. The zero-order chi connectivity index (χ0) is 16.5. The third-order valence-electron chi connectivity index (χ3n) is 3.01. The highest BCUT2D eigenvalue weighted by atomic mass is 32.2. The number of hydrogen-bond acceptors (Lipinski definition) is 5. The molecule has 1 rings (SSSR count). The molecule has 1 aromatic carbocycles. The van der Waals surface area contributed by atoms with Crippen LogP contribution in [-0.2, 0) is 9.59 Å². The number of thioether (sulfide) groups is 1. The first-order valence-electron chi connectivity index (χ1n) is 6.96. The Labute approximate surface area is 135 Å². The van der Waals surface area contributed by atoms with E-state index in [1.165, 1.54) is 0 Å². The van der Waals surface area contributed by atoms with Gasteiger partial charge in [0.1, 0.15) is 0 Å². The molecule has 22 heavy (non-hydrogen) atoms. The Morgan fingerprint density at radius 2 is 1.77 bits per heavy atom. The smallest absolute Gasteiger partial charge is 0.309 e. The Morgan fingerprint density at radius 3 is 2.32 bits per heavy atom. The lowest BCUT2D eigenvalue weighted by atomic mass is 10.1. The maximum Gasteiger partial charge on any atom is 0.309 e. The molecule has 0 radical (unpaired) electrons. The van der Waals surface area contributed by atoms with Crippen molar-refractivity contribution < 1.29 is 14.7 Å². The Morgan fingerprint density at radius 1 is 1.18 bits per heavy atom. The van der Waals surface area contributed by atoms with Crippen LogP contribution in [0, 0.1) is 0 Å². The summed E-state index contributed by atoms with van der Waals surface area (Å²) in [6.07, 6.45) is 1.13. The van der Waals surface area contributed by atoms with Gasteiger partial charge >= 0.3 is 11.8 Å². The fraction of sp³-hybridized carbons (Fsp3) is 0.467. The molecule has 0 fully saturated rings. The van der Waals surface area contributed by atoms with Crippen molar-refractivity contribution in [3.05, 3.63) is 29.8 Å². The van der Waals surface area contributed by atoms with E-state index in [-0.39, 0.29) is 6.54 Å². The molecule has 0 saturated carbocycles. The lowest BCUT2D eigenvalue weighted by Gasteiger charge is -2.13. The van der Waals surface area contributed by atoms with Crippen LogP contribution in [0.5, 0.6) is 0 Å². The molecule has 0 aromatic heterocycles. The third kappa shape index (κ3) is 6.46. The Balaban J connectivity index is 2.37. The lowest BCUT2D eigenvalue weighted by Crippen LogP contribution is -2.43. The van der Waals surface area contributed by atoms with Gasteiger partial charge in [-0.15, -0.1) is 11.8 Å². The average molecular weight is 325 g/mol. The Kier molecular flexibility index (Phi) is 7.94. The number of hydrogen-bond donors (Lipinski definition) is 3. The fourth-order valence-electron chi connectivity index (χ4n) is 1.69. The van der Waals surface area contributed by atoms with Gasteiger partial charge in [-0.3, -0.25) is 9.59 Å². The molecular formula is C15H23N3O3S. The molecule has 1 unspecified atom stereocenters. The minimum absolute atomic E-state index is 0.00144. The van der Waals surface area contributed by atoms with Crippen LogP contribution in [0.15, 0.2) is 29.2 Å². The number of nitrogens with zero attached hydrogens (tertiary/aromatic N) is 1. The zero-order valence-corrected chi connectivity index (χ0v) is 13.9. The van der Waals surface area contributed by atoms with Crippen LogP contribution >= 0.6 is 11.8 Å². The van der Waals surface area contributed by atoms with Crippen LogP contribution in [0.1, 0.15) is 11.7 Å². The van der Waals surface area contributed by atoms with E-state index in [0.717, 1.165) is 4.90 Å². The summed E-state index contributed by atoms with van der Waals surface area (Å²) in [5.41, 5.74) is 0.700. The predicted octanol–water partition coefficient (Wildman–Crippen LogP) is 0.236. The summed E-state index contributed by atoms with van der Waals surface area (Å²) in [6.45, 7) is 1.06. The number of likely N-dealkylation sites (N-methyl/N-ethyl adjacent to an activating group) is 1. The molecule has 2 amide bonds. The normalized spacial score (nSPS) is 12.0. The van der Waals surface area contributed by atoms with E-state index in [4.69, 9.17) is 0 Å². The molecule has 0 aliphatic heterocycles. The standard InChI is InChI=1S/C15H23N3O3S/c1-18(2)9-8-16-14(20)15(21)17-10-13(19)11-4-6-12(22-3)7-5-11/h4-7,13,19H,8-10H2,1-3H3,(H,16,20)(H,17,21). The van der Waals surface area contributed by atoms with Crippen molar-refractivity contribution in [3.63, 3.8) is 0 Å². The molecular weight excluding hydrogens is 302 g/mol. The lowest BCUT2D eigenvalue weighted by molar-refractivity contribution is -0.139. The second kappa shape index (κ2) is 9.45. The average Bonchev–Trinajstić information content (AvgIpc) is 2.51. The van der Waals surface area contributed by atoms with E-state index in [1.807, 2.05) is 37.4 Å². The van der Waals surface area contributed by atoms with Gasteiger partial charge in [-0.05, 0) is 38.0 Å². The van der Waals surface area contributed by atoms with Gasteiger partial charge in [0.15, 0.2) is 0 Å². The van der Waals surface area contributed by atoms with Crippen molar-refractivity contribution in [2.75, 3.05) is 40.0 Å². The summed E-state index contributed by atoms with van der Waals surface area (Å²) in [4.78, 5) is 26.1. The first kappa shape index (κ1) is 18.5. The van der Waals surface area contributed by atoms with Gasteiger partial charge in [0.25, 0.3) is 0 Å². The molecule has 3 N–H and O–H groups in total. The molecule has 0 bridgehead atoms. The van der Waals surface area contributed by atoms with Crippen molar-refractivity contribution in [2.24, 2.45) is 0 Å². The number of nitrogens with one attached hydrogen (secondary N) is 2. The maximum atomic E-state index is 11.6. The van der Waals surface area contributed by atoms with Crippen molar-refractivity contribution in [1.29, 1.82) is 0 Å². The number of carbonyl (C=O) groups is 2. The summed E-state index contributed by atoms with van der Waals surface area (Å²) in [6, 6.07) is 7.41. The summed E-state index contributed by atoms with van der Waals surface area (Å²) < 4.78 is 0. The second-order valence-corrected chi connectivity index (χ2v) is 5.94. The molecule has 0 heterocycles. The van der Waals surface area contributed by atoms with Gasteiger partial charge in [-0.2, -0.15) is 0 Å². The summed E-state index contributed by atoms with van der Waals surface area (Å²) in [5.74, 6) is -1.43. The van der Waals surface area contributed by atoms with Crippen LogP contribution < -0.4 is 10.6 Å². The van der Waals surface area contributed by atoms with Gasteiger partial charge in [0, 0.05) is 24.5 Å². The summed E-state index contributed by atoms with van der Waals surface area (Å²) in [7, 11) is 3.76. The topological polar surface area (TPSA) is 81.7 Å². The minimum Gasteiger partial charge on any atom is -0.387 e. The molecule has 0 saturated heterocycles. The SMILES string of the molecule is CSc1ccc(C(O)CNC(=O)C(=O)NCCN(C)C)cc1. The first-order valence-corrected chi connectivity index (χ1v) is 8.19. The van der Waals surface area contributed by atoms with Crippen molar-refractivity contribution in [2.45, 2.75) is 11.0 Å². The Bertz CT molecular complexity index is 491. The van der Waals surface area contributed by atoms with E-state index in [1.54, 1.807) is 23.9 Å². The monoisotopic (exact) mass is 325 g/mol. The van der Waals surface area contributed by atoms with Crippen molar-refractivity contribution >= 4 is 23.6 Å². The van der Waals surface area contributed by atoms with Gasteiger partial charge in [0.05, 0.1) is 6.10 Å². The molecule has 0 aliphatic carbocycles. The van der Waals surface area contributed by atoms with E-state index in [2.05, 4.69) is 10.6 Å².